The lowest BCUT2D eigenvalue weighted by atomic mass is 9.72. The molecular weight excluding hydrogens is 560 g/mol. The predicted molar refractivity (Wildman–Crippen MR) is 146 cm³/mol. The Labute approximate surface area is 244 Å². The number of nitrogens with two attached hydrogens (primary N) is 4. The van der Waals surface area contributed by atoms with Crippen LogP contribution in [0.5, 0.6) is 0 Å². The van der Waals surface area contributed by atoms with Gasteiger partial charge in [0.15, 0.2) is 6.29 Å². The number of aliphatic hydroxyl groups is 7. The van der Waals surface area contributed by atoms with E-state index in [9.17, 15) is 35.4 Å². The van der Waals surface area contributed by atoms with E-state index in [1.54, 1.807) is 0 Å². The molecule has 0 aromatic rings. The summed E-state index contributed by atoms with van der Waals surface area (Å²) in [5.41, 5.74) is 24.3. The fourth-order valence-corrected chi connectivity index (χ4v) is 5.97. The molecule has 15 atom stereocenters. The maximum atomic E-state index is 12.7. The van der Waals surface area contributed by atoms with Crippen molar-refractivity contribution in [2.24, 2.45) is 28.9 Å². The molecule has 2 heterocycles. The van der Waals surface area contributed by atoms with Gasteiger partial charge < -0.3 is 83.5 Å². The fraction of sp³-hybridized carbons (Fsp3) is 0.960. The number of amides is 1. The van der Waals surface area contributed by atoms with Gasteiger partial charge in [-0.2, -0.15) is 0 Å². The van der Waals surface area contributed by atoms with Crippen LogP contribution in [-0.2, 0) is 19.0 Å². The summed E-state index contributed by atoms with van der Waals surface area (Å²) < 4.78 is 17.8. The van der Waals surface area contributed by atoms with Gasteiger partial charge in [-0.05, 0) is 38.8 Å². The van der Waals surface area contributed by atoms with Gasteiger partial charge in [0.05, 0.1) is 43.1 Å². The van der Waals surface area contributed by atoms with E-state index in [2.05, 4.69) is 10.6 Å². The molecule has 1 amide bonds. The third-order valence-electron chi connectivity index (χ3n) is 8.38. The van der Waals surface area contributed by atoms with Gasteiger partial charge in [-0.15, -0.1) is 0 Å². The Balaban J connectivity index is 1.85. The maximum Gasteiger partial charge on any atom is 0.249 e. The van der Waals surface area contributed by atoms with Gasteiger partial charge in [0.2, 0.25) is 5.91 Å². The molecule has 0 bridgehead atoms. The highest BCUT2D eigenvalue weighted by molar-refractivity contribution is 5.80. The van der Waals surface area contributed by atoms with Crippen molar-refractivity contribution in [2.75, 3.05) is 32.8 Å². The van der Waals surface area contributed by atoms with Crippen molar-refractivity contribution in [3.63, 3.8) is 0 Å². The van der Waals surface area contributed by atoms with Crippen LogP contribution >= 0.6 is 0 Å². The molecule has 0 spiro atoms. The second-order valence-electron chi connectivity index (χ2n) is 11.4. The Hall–Kier alpha value is -1.13. The second-order valence-corrected chi connectivity index (χ2v) is 11.4. The van der Waals surface area contributed by atoms with E-state index in [4.69, 9.17) is 42.3 Å². The Morgan fingerprint density at radius 2 is 1.69 bits per heavy atom. The molecule has 3 fully saturated rings. The molecule has 17 heteroatoms. The number of nitrogens with one attached hydrogen (secondary N) is 2. The van der Waals surface area contributed by atoms with Gasteiger partial charge in [0.25, 0.3) is 0 Å². The summed E-state index contributed by atoms with van der Waals surface area (Å²) in [6.07, 6.45) is -11.6. The molecule has 3 rings (SSSR count). The van der Waals surface area contributed by atoms with Crippen LogP contribution in [0.15, 0.2) is 0 Å². The minimum atomic E-state index is -1.57. The van der Waals surface area contributed by atoms with Crippen molar-refractivity contribution in [2.45, 2.75) is 111 Å². The predicted octanol–water partition coefficient (Wildman–Crippen LogP) is -7.14. The van der Waals surface area contributed by atoms with Gasteiger partial charge in [0, 0.05) is 31.2 Å². The largest absolute Gasteiger partial charge is 0.396 e. The molecule has 2 aliphatic heterocycles. The molecule has 2 saturated heterocycles. The average molecular weight is 611 g/mol. The molecule has 1 aliphatic carbocycles. The monoisotopic (exact) mass is 610 g/mol. The lowest BCUT2D eigenvalue weighted by molar-refractivity contribution is -0.306. The third-order valence-corrected chi connectivity index (χ3v) is 8.38. The number of hydrogen-bond acceptors (Lipinski definition) is 16. The van der Waals surface area contributed by atoms with Crippen LogP contribution in [0.2, 0.25) is 0 Å². The molecule has 1 saturated carbocycles. The topological polar surface area (TPSA) is 315 Å². The number of carbonyl (C=O) groups is 1. The molecule has 0 radical (unpaired) electrons. The first-order chi connectivity index (χ1) is 19.9. The molecular formula is C25H50N6O11. The van der Waals surface area contributed by atoms with Crippen molar-refractivity contribution in [3.05, 3.63) is 0 Å². The smallest absolute Gasteiger partial charge is 0.249 e. The lowest BCUT2D eigenvalue weighted by Gasteiger charge is -2.51. The van der Waals surface area contributed by atoms with E-state index in [-0.39, 0.29) is 39.0 Å². The van der Waals surface area contributed by atoms with Crippen LogP contribution < -0.4 is 33.6 Å². The normalized spacial score (nSPS) is 43.6. The van der Waals surface area contributed by atoms with Crippen molar-refractivity contribution in [3.8, 4) is 0 Å². The highest BCUT2D eigenvalue weighted by Crippen LogP contribution is 2.36. The van der Waals surface area contributed by atoms with Crippen molar-refractivity contribution in [1.29, 1.82) is 0 Å². The summed E-state index contributed by atoms with van der Waals surface area (Å²) in [6, 6.07) is -3.76. The standard InChI is InChI=1S/C25H50N6O11/c26-3-2-13(34)24(39)31-12-6-10(27)17(22-11(28)7-14(35)15(40-22)8-30-4-1-5-32)20(37)23(12)42-25-21(38)18(29)19(36)16(9-33)41-25/h10-23,25,30,32-38H,1-9,26-29H2,(H,31,39). The first-order valence-corrected chi connectivity index (χ1v) is 14.5. The Morgan fingerprint density at radius 1 is 0.976 bits per heavy atom. The Morgan fingerprint density at radius 3 is 2.33 bits per heavy atom. The minimum Gasteiger partial charge on any atom is -0.396 e. The number of rotatable bonds is 13. The van der Waals surface area contributed by atoms with E-state index in [0.717, 1.165) is 0 Å². The molecule has 246 valence electrons. The molecule has 15 unspecified atom stereocenters. The zero-order chi connectivity index (χ0) is 31.1. The highest BCUT2D eigenvalue weighted by Gasteiger charge is 2.53. The molecule has 17 N–H and O–H groups in total. The molecule has 42 heavy (non-hydrogen) atoms. The van der Waals surface area contributed by atoms with Crippen molar-refractivity contribution in [1.82, 2.24) is 10.6 Å². The molecule has 3 aliphatic rings. The summed E-state index contributed by atoms with van der Waals surface area (Å²) in [7, 11) is 0. The zero-order valence-corrected chi connectivity index (χ0v) is 23.6. The first-order valence-electron chi connectivity index (χ1n) is 14.5. The summed E-state index contributed by atoms with van der Waals surface area (Å²) in [4.78, 5) is 12.7. The van der Waals surface area contributed by atoms with Crippen molar-refractivity contribution < 1.29 is 54.8 Å². The first kappa shape index (κ1) is 35.4. The van der Waals surface area contributed by atoms with Gasteiger partial charge in [-0.1, -0.05) is 0 Å². The van der Waals surface area contributed by atoms with Gasteiger partial charge in [0.1, 0.15) is 30.5 Å². The summed E-state index contributed by atoms with van der Waals surface area (Å²) in [5.74, 6) is -1.64. The highest BCUT2D eigenvalue weighted by atomic mass is 16.7. The second kappa shape index (κ2) is 16.3. The van der Waals surface area contributed by atoms with Gasteiger partial charge in [-0.3, -0.25) is 4.79 Å². The summed E-state index contributed by atoms with van der Waals surface area (Å²) >= 11 is 0. The zero-order valence-electron chi connectivity index (χ0n) is 23.6. The van der Waals surface area contributed by atoms with E-state index >= 15 is 0 Å². The third kappa shape index (κ3) is 8.32. The number of hydrogen-bond donors (Lipinski definition) is 13. The van der Waals surface area contributed by atoms with Crippen LogP contribution in [0.25, 0.3) is 0 Å². The van der Waals surface area contributed by atoms with E-state index in [1.165, 1.54) is 0 Å². The SMILES string of the molecule is NCCC(O)C(=O)NC1CC(N)C(C2OC(CNCCCO)C(O)CC2N)C(O)C1OC1OC(CO)C(O)C(N)C1O. The average Bonchev–Trinajstić information content (AvgIpc) is 2.94. The van der Waals surface area contributed by atoms with Crippen LogP contribution in [0.1, 0.15) is 25.7 Å². The maximum absolute atomic E-state index is 12.7. The van der Waals surface area contributed by atoms with E-state index in [0.29, 0.717) is 13.0 Å². The van der Waals surface area contributed by atoms with Crippen molar-refractivity contribution >= 4 is 5.91 Å². The van der Waals surface area contributed by atoms with Crippen LogP contribution in [0.3, 0.4) is 0 Å². The van der Waals surface area contributed by atoms with Crippen LogP contribution in [0.4, 0.5) is 0 Å². The molecule has 0 aromatic carbocycles. The van der Waals surface area contributed by atoms with Crippen LogP contribution in [-0.4, -0.2) is 160 Å². The quantitative estimate of drug-likeness (QED) is 0.0861. The Bertz CT molecular complexity index is 834. The van der Waals surface area contributed by atoms with E-state index in [1.807, 2.05) is 0 Å². The van der Waals surface area contributed by atoms with Crippen LogP contribution in [0, 0.1) is 5.92 Å². The number of carbonyl (C=O) groups excluding carboxylic acids is 1. The number of ether oxygens (including phenoxy) is 3. The molecule has 17 nitrogen and oxygen atoms in total. The van der Waals surface area contributed by atoms with E-state index < -0.39 is 104 Å². The summed E-state index contributed by atoms with van der Waals surface area (Å²) in [6.45, 7) is 0.169. The fourth-order valence-electron chi connectivity index (χ4n) is 5.97. The van der Waals surface area contributed by atoms with Gasteiger partial charge in [-0.25, -0.2) is 0 Å². The molecule has 0 aromatic heterocycles. The minimum absolute atomic E-state index is 0.00234. The summed E-state index contributed by atoms with van der Waals surface area (Å²) in [5, 5.41) is 77.8. The van der Waals surface area contributed by atoms with Gasteiger partial charge >= 0.3 is 0 Å². The lowest BCUT2D eigenvalue weighted by Crippen LogP contribution is -2.70. The number of aliphatic hydroxyl groups excluding tert-OH is 7. The Kier molecular flexibility index (Phi) is 13.7.